The lowest BCUT2D eigenvalue weighted by Crippen LogP contribution is -2.33. The maximum absolute atomic E-state index is 12.9. The zero-order valence-electron chi connectivity index (χ0n) is 16.5. The molecule has 0 radical (unpaired) electrons. The van der Waals surface area contributed by atoms with Gasteiger partial charge in [-0.3, -0.25) is 23.4 Å². The van der Waals surface area contributed by atoms with Crippen LogP contribution in [0.3, 0.4) is 0 Å². The Kier molecular flexibility index (Phi) is 4.91. The Morgan fingerprint density at radius 3 is 2.77 bits per heavy atom. The Bertz CT molecular complexity index is 1360. The molecule has 5 rings (SSSR count). The predicted octanol–water partition coefficient (Wildman–Crippen LogP) is 3.19. The minimum absolute atomic E-state index is 0.0930. The second kappa shape index (κ2) is 7.62. The number of fused-ring (bicyclic) bond motifs is 2. The number of H-pyrrole nitrogens is 1. The Labute approximate surface area is 176 Å². The third kappa shape index (κ3) is 3.88. The predicted molar refractivity (Wildman–Crippen MR) is 112 cm³/mol. The second-order valence-corrected chi connectivity index (χ2v) is 8.94. The van der Waals surface area contributed by atoms with Crippen LogP contribution >= 0.6 is 7.82 Å². The molecule has 1 aromatic heterocycles. The summed E-state index contributed by atoms with van der Waals surface area (Å²) in [6, 6.07) is 11.5. The van der Waals surface area contributed by atoms with Gasteiger partial charge in [-0.2, -0.15) is 0 Å². The molecule has 31 heavy (non-hydrogen) atoms. The normalized spacial score (nSPS) is 24.8. The summed E-state index contributed by atoms with van der Waals surface area (Å²) in [5.41, 5.74) is 0.151. The number of hydrogen-bond acceptors (Lipinski definition) is 7. The molecule has 2 aliphatic rings. The van der Waals surface area contributed by atoms with Crippen molar-refractivity contribution >= 4 is 18.6 Å². The maximum Gasteiger partial charge on any atom is 0.530 e. The van der Waals surface area contributed by atoms with Crippen LogP contribution in [0.15, 0.2) is 64.3 Å². The molecule has 2 aliphatic heterocycles. The molecule has 3 atom stereocenters. The fraction of sp³-hybridized carbons (Fsp3) is 0.238. The summed E-state index contributed by atoms with van der Waals surface area (Å²) >= 11 is 0. The lowest BCUT2D eigenvalue weighted by Gasteiger charge is -2.26. The summed E-state index contributed by atoms with van der Waals surface area (Å²) in [7, 11) is -3.82. The number of rotatable bonds is 4. The number of ether oxygens (including phenoxy) is 1. The van der Waals surface area contributed by atoms with Crippen LogP contribution in [0.2, 0.25) is 0 Å². The molecule has 2 aromatic carbocycles. The molecule has 0 saturated heterocycles. The molecule has 0 aliphatic carbocycles. The van der Waals surface area contributed by atoms with Gasteiger partial charge in [0, 0.05) is 17.3 Å². The van der Waals surface area contributed by atoms with Crippen LogP contribution < -0.4 is 15.8 Å². The van der Waals surface area contributed by atoms with Gasteiger partial charge in [-0.1, -0.05) is 30.3 Å². The van der Waals surface area contributed by atoms with Gasteiger partial charge in [-0.15, -0.1) is 0 Å². The minimum Gasteiger partial charge on any atom is -0.404 e. The number of aryl methyl sites for hydroxylation is 1. The summed E-state index contributed by atoms with van der Waals surface area (Å²) in [6.07, 6.45) is 3.50. The minimum atomic E-state index is -3.82. The summed E-state index contributed by atoms with van der Waals surface area (Å²) in [5.74, 6) is 0.462. The average Bonchev–Trinajstić information content (AvgIpc) is 3.22. The molecule has 10 heteroatoms. The van der Waals surface area contributed by atoms with Gasteiger partial charge in [0.25, 0.3) is 5.56 Å². The number of nitrogens with zero attached hydrogens (tertiary/aromatic N) is 1. The standard InChI is InChI=1S/C21H19N2O7P/c1-13-10-23(21(25)22-20(13)24)19-7-6-17(29-19)12-28-31(26)27-11-16-8-14-4-2-3-5-15(14)9-18(16)30-31/h2-10,17,19H,11-12H2,1H3,(H,22,24,25). The van der Waals surface area contributed by atoms with E-state index in [4.69, 9.17) is 18.3 Å². The van der Waals surface area contributed by atoms with Gasteiger partial charge in [0.15, 0.2) is 6.23 Å². The van der Waals surface area contributed by atoms with Crippen LogP contribution in [0.25, 0.3) is 10.8 Å². The van der Waals surface area contributed by atoms with Gasteiger partial charge in [-0.05, 0) is 35.9 Å². The lowest BCUT2D eigenvalue weighted by atomic mass is 10.1. The molecular weight excluding hydrogens is 423 g/mol. The van der Waals surface area contributed by atoms with Crippen molar-refractivity contribution in [1.82, 2.24) is 9.55 Å². The quantitative estimate of drug-likeness (QED) is 0.488. The largest absolute Gasteiger partial charge is 0.530 e. The van der Waals surface area contributed by atoms with Crippen molar-refractivity contribution in [3.63, 3.8) is 0 Å². The highest BCUT2D eigenvalue weighted by molar-refractivity contribution is 7.49. The van der Waals surface area contributed by atoms with E-state index >= 15 is 0 Å². The van der Waals surface area contributed by atoms with Crippen molar-refractivity contribution in [1.29, 1.82) is 0 Å². The number of benzene rings is 2. The molecule has 1 N–H and O–H groups in total. The van der Waals surface area contributed by atoms with E-state index in [0.717, 1.165) is 16.3 Å². The van der Waals surface area contributed by atoms with Crippen LogP contribution in [-0.2, 0) is 25.0 Å². The lowest BCUT2D eigenvalue weighted by molar-refractivity contribution is -0.0130. The molecule has 3 heterocycles. The van der Waals surface area contributed by atoms with E-state index in [1.807, 2.05) is 36.4 Å². The van der Waals surface area contributed by atoms with E-state index in [-0.39, 0.29) is 13.2 Å². The first-order chi connectivity index (χ1) is 14.9. The van der Waals surface area contributed by atoms with Crippen molar-refractivity contribution < 1.29 is 22.9 Å². The number of phosphoric acid groups is 1. The Hall–Kier alpha value is -2.97. The van der Waals surface area contributed by atoms with E-state index in [0.29, 0.717) is 11.3 Å². The van der Waals surface area contributed by atoms with E-state index in [1.165, 1.54) is 10.8 Å². The second-order valence-electron chi connectivity index (χ2n) is 7.34. The highest BCUT2D eigenvalue weighted by Crippen LogP contribution is 2.55. The number of aromatic nitrogens is 2. The summed E-state index contributed by atoms with van der Waals surface area (Å²) in [6.45, 7) is 1.61. The molecule has 3 unspecified atom stereocenters. The molecule has 160 valence electrons. The van der Waals surface area contributed by atoms with Gasteiger partial charge >= 0.3 is 13.5 Å². The van der Waals surface area contributed by atoms with Crippen LogP contribution in [-0.4, -0.2) is 22.3 Å². The zero-order valence-corrected chi connectivity index (χ0v) is 17.4. The van der Waals surface area contributed by atoms with Crippen LogP contribution in [0.4, 0.5) is 0 Å². The smallest absolute Gasteiger partial charge is 0.404 e. The van der Waals surface area contributed by atoms with E-state index < -0.39 is 31.4 Å². The number of phosphoric ester groups is 1. The van der Waals surface area contributed by atoms with Gasteiger partial charge in [0.05, 0.1) is 13.2 Å². The highest BCUT2D eigenvalue weighted by atomic mass is 31.2. The SMILES string of the molecule is Cc1cn(C2C=CC(COP3(=O)OCc4cc5ccccc5cc4O3)O2)c(=O)[nH]c1=O. The average molecular weight is 442 g/mol. The Morgan fingerprint density at radius 2 is 1.97 bits per heavy atom. The first-order valence-corrected chi connectivity index (χ1v) is 11.1. The van der Waals surface area contributed by atoms with E-state index in [2.05, 4.69) is 4.98 Å². The Morgan fingerprint density at radius 1 is 1.19 bits per heavy atom. The Balaban J connectivity index is 1.26. The van der Waals surface area contributed by atoms with Gasteiger partial charge in [0.1, 0.15) is 11.9 Å². The number of aromatic amines is 1. The van der Waals surface area contributed by atoms with Crippen molar-refractivity contribution in [2.24, 2.45) is 0 Å². The molecule has 0 amide bonds. The van der Waals surface area contributed by atoms with Gasteiger partial charge in [0.2, 0.25) is 0 Å². The zero-order chi connectivity index (χ0) is 21.6. The van der Waals surface area contributed by atoms with Crippen molar-refractivity contribution in [3.05, 3.63) is 86.7 Å². The number of hydrogen-bond donors (Lipinski definition) is 1. The van der Waals surface area contributed by atoms with E-state index in [1.54, 1.807) is 19.1 Å². The van der Waals surface area contributed by atoms with E-state index in [9.17, 15) is 14.2 Å². The van der Waals surface area contributed by atoms with Crippen LogP contribution in [0, 0.1) is 6.92 Å². The monoisotopic (exact) mass is 442 g/mol. The first-order valence-electron chi connectivity index (χ1n) is 9.66. The highest BCUT2D eigenvalue weighted by Gasteiger charge is 2.36. The first kappa shape index (κ1) is 20.0. The third-order valence-corrected chi connectivity index (χ3v) is 6.47. The topological polar surface area (TPSA) is 109 Å². The van der Waals surface area contributed by atoms with Gasteiger partial charge in [-0.25, -0.2) is 9.36 Å². The summed E-state index contributed by atoms with van der Waals surface area (Å²) in [5, 5.41) is 2.00. The molecular formula is C21H19N2O7P. The summed E-state index contributed by atoms with van der Waals surface area (Å²) in [4.78, 5) is 25.8. The van der Waals surface area contributed by atoms with Crippen molar-refractivity contribution in [2.75, 3.05) is 6.61 Å². The fourth-order valence-corrected chi connectivity index (χ4v) is 4.72. The molecule has 3 aromatic rings. The van der Waals surface area contributed by atoms with Crippen molar-refractivity contribution in [2.45, 2.75) is 25.9 Å². The summed E-state index contributed by atoms with van der Waals surface area (Å²) < 4.78 is 36.4. The molecule has 0 saturated carbocycles. The third-order valence-electron chi connectivity index (χ3n) is 5.14. The molecule has 0 spiro atoms. The van der Waals surface area contributed by atoms with Crippen LogP contribution in [0.1, 0.15) is 17.4 Å². The van der Waals surface area contributed by atoms with Crippen molar-refractivity contribution in [3.8, 4) is 5.75 Å². The molecule has 9 nitrogen and oxygen atoms in total. The van der Waals surface area contributed by atoms with Crippen LogP contribution in [0.5, 0.6) is 5.75 Å². The fourth-order valence-electron chi connectivity index (χ4n) is 3.51. The molecule has 0 fully saturated rings. The number of nitrogens with one attached hydrogen (secondary N) is 1. The molecule has 0 bridgehead atoms. The van der Waals surface area contributed by atoms with Gasteiger partial charge < -0.3 is 9.26 Å². The maximum atomic E-state index is 12.9.